The Morgan fingerprint density at radius 2 is 1.69 bits per heavy atom. The molecule has 1 aliphatic heterocycles. The van der Waals surface area contributed by atoms with Gasteiger partial charge in [-0.05, 0) is 49.2 Å². The van der Waals surface area contributed by atoms with Gasteiger partial charge in [0.2, 0.25) is 10.0 Å². The molecule has 0 saturated carbocycles. The highest BCUT2D eigenvalue weighted by Gasteiger charge is 2.28. The standard InChI is InChI=1S/C26H24ClN3O3S2/c1-17-13-20(27)16-21(14-17)34-26-23-6-4-3-5-22(23)25(28-29-26)19-8-7-18(2)24(15-19)35(31,32)30-9-11-33-12-10-30/h3-8,13-16H,9-12H2,1-2H3. The van der Waals surface area contributed by atoms with E-state index < -0.39 is 10.0 Å². The highest BCUT2D eigenvalue weighted by Crippen LogP contribution is 2.37. The Hall–Kier alpha value is -2.49. The number of halogens is 1. The number of hydrogen-bond acceptors (Lipinski definition) is 6. The van der Waals surface area contributed by atoms with Crippen LogP contribution in [0.15, 0.2) is 75.5 Å². The maximum atomic E-state index is 13.4. The zero-order valence-corrected chi connectivity index (χ0v) is 21.8. The quantitative estimate of drug-likeness (QED) is 0.331. The van der Waals surface area contributed by atoms with Crippen LogP contribution in [0.3, 0.4) is 0 Å². The van der Waals surface area contributed by atoms with Gasteiger partial charge in [-0.2, -0.15) is 4.31 Å². The molecule has 0 amide bonds. The predicted molar refractivity (Wildman–Crippen MR) is 140 cm³/mol. The summed E-state index contributed by atoms with van der Waals surface area (Å²) in [6.45, 7) is 5.32. The fourth-order valence-corrected chi connectivity index (χ4v) is 7.23. The first-order valence-electron chi connectivity index (χ1n) is 11.2. The van der Waals surface area contributed by atoms with E-state index in [0.29, 0.717) is 48.1 Å². The number of aryl methyl sites for hydroxylation is 2. The lowest BCUT2D eigenvalue weighted by molar-refractivity contribution is 0.0730. The molecule has 2 heterocycles. The number of aromatic nitrogens is 2. The van der Waals surface area contributed by atoms with Gasteiger partial charge in [0.1, 0.15) is 10.7 Å². The highest BCUT2D eigenvalue weighted by molar-refractivity contribution is 7.99. The van der Waals surface area contributed by atoms with Gasteiger partial charge in [-0.3, -0.25) is 0 Å². The van der Waals surface area contributed by atoms with Crippen LogP contribution in [0.25, 0.3) is 22.0 Å². The number of morpholine rings is 1. The Bertz CT molecular complexity index is 1500. The SMILES string of the molecule is Cc1cc(Cl)cc(Sc2nnc(-c3ccc(C)c(S(=O)(=O)N4CCOCC4)c3)c3ccccc23)c1. The number of rotatable bonds is 5. The monoisotopic (exact) mass is 525 g/mol. The van der Waals surface area contributed by atoms with E-state index in [4.69, 9.17) is 16.3 Å². The first-order valence-corrected chi connectivity index (χ1v) is 13.9. The van der Waals surface area contributed by atoms with E-state index in [1.54, 1.807) is 6.07 Å². The van der Waals surface area contributed by atoms with Crippen molar-refractivity contribution in [3.63, 3.8) is 0 Å². The van der Waals surface area contributed by atoms with Gasteiger partial charge in [-0.25, -0.2) is 8.42 Å². The molecule has 9 heteroatoms. The van der Waals surface area contributed by atoms with Crippen molar-refractivity contribution in [3.05, 3.63) is 76.8 Å². The van der Waals surface area contributed by atoms with E-state index in [0.717, 1.165) is 26.3 Å². The lowest BCUT2D eigenvalue weighted by Crippen LogP contribution is -2.40. The average molecular weight is 526 g/mol. The Labute approximate surface area is 214 Å². The minimum atomic E-state index is -3.64. The predicted octanol–water partition coefficient (Wildman–Crippen LogP) is 5.74. The summed E-state index contributed by atoms with van der Waals surface area (Å²) in [6, 6.07) is 19.2. The molecule has 0 bridgehead atoms. The lowest BCUT2D eigenvalue weighted by atomic mass is 10.0. The molecule has 0 unspecified atom stereocenters. The summed E-state index contributed by atoms with van der Waals surface area (Å²) in [5.41, 5.74) is 3.12. The van der Waals surface area contributed by atoms with Crippen LogP contribution in [0.2, 0.25) is 5.02 Å². The van der Waals surface area contributed by atoms with Crippen molar-refractivity contribution >= 4 is 44.2 Å². The Balaban J connectivity index is 1.58. The molecule has 5 rings (SSSR count). The second kappa shape index (κ2) is 9.87. The van der Waals surface area contributed by atoms with Crippen LogP contribution in [0.1, 0.15) is 11.1 Å². The van der Waals surface area contributed by atoms with Gasteiger partial charge in [-0.1, -0.05) is 59.8 Å². The van der Waals surface area contributed by atoms with Crippen molar-refractivity contribution in [2.24, 2.45) is 0 Å². The second-order valence-electron chi connectivity index (χ2n) is 8.46. The van der Waals surface area contributed by atoms with Crippen molar-refractivity contribution in [2.45, 2.75) is 28.7 Å². The van der Waals surface area contributed by atoms with E-state index in [1.807, 2.05) is 62.4 Å². The van der Waals surface area contributed by atoms with Gasteiger partial charge in [0.05, 0.1) is 18.1 Å². The molecule has 1 aliphatic rings. The van der Waals surface area contributed by atoms with Crippen LogP contribution >= 0.6 is 23.4 Å². The summed E-state index contributed by atoms with van der Waals surface area (Å²) >= 11 is 7.76. The third-order valence-electron chi connectivity index (χ3n) is 5.93. The molecule has 4 aromatic rings. The van der Waals surface area contributed by atoms with Crippen LogP contribution in [0.5, 0.6) is 0 Å². The molecule has 3 aromatic carbocycles. The number of hydrogen-bond donors (Lipinski definition) is 0. The zero-order valence-electron chi connectivity index (χ0n) is 19.4. The molecule has 0 N–H and O–H groups in total. The number of benzene rings is 3. The summed E-state index contributed by atoms with van der Waals surface area (Å²) < 4.78 is 33.6. The maximum absolute atomic E-state index is 13.4. The lowest BCUT2D eigenvalue weighted by Gasteiger charge is -2.26. The van der Waals surface area contributed by atoms with Gasteiger partial charge in [0.25, 0.3) is 0 Å². The van der Waals surface area contributed by atoms with Crippen LogP contribution in [-0.4, -0.2) is 49.2 Å². The van der Waals surface area contributed by atoms with E-state index in [9.17, 15) is 8.42 Å². The van der Waals surface area contributed by atoms with Crippen molar-refractivity contribution < 1.29 is 13.2 Å². The molecule has 1 fully saturated rings. The third-order valence-corrected chi connectivity index (χ3v) is 9.16. The Kier molecular flexibility index (Phi) is 6.83. The molecule has 0 aliphatic carbocycles. The van der Waals surface area contributed by atoms with E-state index in [-0.39, 0.29) is 4.90 Å². The molecule has 0 radical (unpaired) electrons. The fourth-order valence-electron chi connectivity index (χ4n) is 4.19. The van der Waals surface area contributed by atoms with Crippen LogP contribution < -0.4 is 0 Å². The Morgan fingerprint density at radius 3 is 2.43 bits per heavy atom. The highest BCUT2D eigenvalue weighted by atomic mass is 35.5. The van der Waals surface area contributed by atoms with Crippen LogP contribution in [0.4, 0.5) is 0 Å². The minimum absolute atomic E-state index is 0.288. The largest absolute Gasteiger partial charge is 0.379 e. The second-order valence-corrected chi connectivity index (χ2v) is 11.9. The van der Waals surface area contributed by atoms with Crippen molar-refractivity contribution in [1.29, 1.82) is 0 Å². The van der Waals surface area contributed by atoms with Gasteiger partial charge in [-0.15, -0.1) is 10.2 Å². The van der Waals surface area contributed by atoms with Crippen molar-refractivity contribution in [2.75, 3.05) is 26.3 Å². The van der Waals surface area contributed by atoms with Crippen LogP contribution in [-0.2, 0) is 14.8 Å². The molecule has 0 spiro atoms. The molecular formula is C26H24ClN3O3S2. The first kappa shape index (κ1) is 24.2. The van der Waals surface area contributed by atoms with E-state index in [1.165, 1.54) is 16.1 Å². The first-order chi connectivity index (χ1) is 16.8. The van der Waals surface area contributed by atoms with Gasteiger partial charge in [0, 0.05) is 39.3 Å². The zero-order chi connectivity index (χ0) is 24.6. The third kappa shape index (κ3) is 4.94. The minimum Gasteiger partial charge on any atom is -0.379 e. The molecule has 1 aromatic heterocycles. The summed E-state index contributed by atoms with van der Waals surface area (Å²) in [7, 11) is -3.64. The summed E-state index contributed by atoms with van der Waals surface area (Å²) in [5.74, 6) is 0. The topological polar surface area (TPSA) is 72.4 Å². The maximum Gasteiger partial charge on any atom is 0.243 e. The van der Waals surface area contributed by atoms with Gasteiger partial charge >= 0.3 is 0 Å². The van der Waals surface area contributed by atoms with Crippen LogP contribution in [0, 0.1) is 13.8 Å². The van der Waals surface area contributed by atoms with Crippen molar-refractivity contribution in [1.82, 2.24) is 14.5 Å². The average Bonchev–Trinajstić information content (AvgIpc) is 2.84. The molecule has 180 valence electrons. The number of sulfonamides is 1. The van der Waals surface area contributed by atoms with Crippen molar-refractivity contribution in [3.8, 4) is 11.3 Å². The smallest absolute Gasteiger partial charge is 0.243 e. The number of ether oxygens (including phenoxy) is 1. The summed E-state index contributed by atoms with van der Waals surface area (Å²) in [5, 5.41) is 12.4. The number of fused-ring (bicyclic) bond motifs is 1. The molecular weight excluding hydrogens is 502 g/mol. The molecule has 35 heavy (non-hydrogen) atoms. The summed E-state index contributed by atoms with van der Waals surface area (Å²) in [6.07, 6.45) is 0. The number of nitrogens with zero attached hydrogens (tertiary/aromatic N) is 3. The fraction of sp³-hybridized carbons (Fsp3) is 0.231. The Morgan fingerprint density at radius 1 is 0.943 bits per heavy atom. The van der Waals surface area contributed by atoms with E-state index >= 15 is 0 Å². The molecule has 1 saturated heterocycles. The summed E-state index contributed by atoms with van der Waals surface area (Å²) in [4.78, 5) is 1.27. The van der Waals surface area contributed by atoms with E-state index in [2.05, 4.69) is 16.3 Å². The molecule has 0 atom stereocenters. The van der Waals surface area contributed by atoms with Gasteiger partial charge in [0.15, 0.2) is 0 Å². The molecule has 6 nitrogen and oxygen atoms in total. The van der Waals surface area contributed by atoms with Gasteiger partial charge < -0.3 is 4.74 Å². The normalized spacial score (nSPS) is 14.9.